The number of fused-ring (bicyclic) bond motifs is 2. The number of rotatable bonds is 6. The molecule has 0 aliphatic heterocycles. The number of hydrogen-bond donors (Lipinski definition) is 0. The van der Waals surface area contributed by atoms with Crippen molar-refractivity contribution in [3.05, 3.63) is 116 Å². The van der Waals surface area contributed by atoms with E-state index in [0.29, 0.717) is 22.3 Å². The zero-order chi connectivity index (χ0) is 20.9. The van der Waals surface area contributed by atoms with Crippen LogP contribution in [0.1, 0.15) is 27.0 Å². The maximum atomic E-state index is 13.6. The average molecular weight is 392 g/mol. The van der Waals surface area contributed by atoms with Gasteiger partial charge in [-0.05, 0) is 43.7 Å². The number of azide groups is 2. The van der Waals surface area contributed by atoms with Gasteiger partial charge in [0, 0.05) is 21.0 Å². The van der Waals surface area contributed by atoms with Crippen LogP contribution in [0.3, 0.4) is 0 Å². The fraction of sp³-hybridized carbons (Fsp3) is 0.0870. The van der Waals surface area contributed by atoms with Gasteiger partial charge in [-0.1, -0.05) is 83.0 Å². The molecule has 144 valence electrons. The van der Waals surface area contributed by atoms with Gasteiger partial charge >= 0.3 is 0 Å². The molecule has 0 aliphatic rings. The van der Waals surface area contributed by atoms with Gasteiger partial charge in [0.15, 0.2) is 5.78 Å². The highest BCUT2D eigenvalue weighted by Crippen LogP contribution is 2.29. The molecule has 0 radical (unpaired) electrons. The second-order valence-electron chi connectivity index (χ2n) is 6.73. The van der Waals surface area contributed by atoms with Gasteiger partial charge in [-0.25, -0.2) is 0 Å². The van der Waals surface area contributed by atoms with Gasteiger partial charge in [-0.15, -0.1) is 0 Å². The molecule has 0 bridgehead atoms. The highest BCUT2D eigenvalue weighted by atomic mass is 16.1. The molecule has 4 aromatic rings. The third kappa shape index (κ3) is 3.42. The first kappa shape index (κ1) is 19.0. The molecule has 0 heterocycles. The molecule has 0 saturated carbocycles. The van der Waals surface area contributed by atoms with Gasteiger partial charge in [0.05, 0.1) is 13.1 Å². The van der Waals surface area contributed by atoms with E-state index in [4.69, 9.17) is 11.1 Å². The first-order valence-electron chi connectivity index (χ1n) is 9.32. The maximum absolute atomic E-state index is 13.6. The Hall–Kier alpha value is -4.31. The van der Waals surface area contributed by atoms with Crippen molar-refractivity contribution in [2.24, 2.45) is 10.2 Å². The highest BCUT2D eigenvalue weighted by Gasteiger charge is 2.19. The van der Waals surface area contributed by atoms with Crippen LogP contribution < -0.4 is 0 Å². The third-order valence-corrected chi connectivity index (χ3v) is 5.15. The summed E-state index contributed by atoms with van der Waals surface area (Å²) >= 11 is 0. The Balaban J connectivity index is 1.95. The predicted molar refractivity (Wildman–Crippen MR) is 117 cm³/mol. The molecule has 7 heteroatoms. The van der Waals surface area contributed by atoms with E-state index >= 15 is 0 Å². The second-order valence-corrected chi connectivity index (χ2v) is 6.73. The van der Waals surface area contributed by atoms with Crippen molar-refractivity contribution in [2.45, 2.75) is 13.1 Å². The Kier molecular flexibility index (Phi) is 5.31. The van der Waals surface area contributed by atoms with Crippen molar-refractivity contribution in [2.75, 3.05) is 0 Å². The average Bonchev–Trinajstić information content (AvgIpc) is 2.80. The van der Waals surface area contributed by atoms with Crippen molar-refractivity contribution < 1.29 is 4.79 Å². The number of carbonyl (C=O) groups excluding carboxylic acids is 1. The Morgan fingerprint density at radius 1 is 0.667 bits per heavy atom. The van der Waals surface area contributed by atoms with Crippen LogP contribution in [-0.2, 0) is 13.1 Å². The van der Waals surface area contributed by atoms with Crippen molar-refractivity contribution in [3.63, 3.8) is 0 Å². The number of nitrogens with zero attached hydrogens (tertiary/aromatic N) is 6. The summed E-state index contributed by atoms with van der Waals surface area (Å²) in [5.74, 6) is -0.196. The number of benzene rings is 4. The van der Waals surface area contributed by atoms with Crippen LogP contribution in [0.4, 0.5) is 0 Å². The van der Waals surface area contributed by atoms with E-state index in [2.05, 4.69) is 20.1 Å². The fourth-order valence-electron chi connectivity index (χ4n) is 3.79. The van der Waals surface area contributed by atoms with E-state index < -0.39 is 0 Å². The molecule has 0 aliphatic carbocycles. The van der Waals surface area contributed by atoms with Gasteiger partial charge in [0.2, 0.25) is 0 Å². The summed E-state index contributed by atoms with van der Waals surface area (Å²) in [6.07, 6.45) is 0. The van der Waals surface area contributed by atoms with E-state index in [-0.39, 0.29) is 18.9 Å². The van der Waals surface area contributed by atoms with E-state index in [9.17, 15) is 4.79 Å². The largest absolute Gasteiger partial charge is 0.289 e. The molecule has 4 aromatic carbocycles. The number of ketones is 1. The molecule has 0 amide bonds. The summed E-state index contributed by atoms with van der Waals surface area (Å²) in [5, 5.41) is 11.1. The maximum Gasteiger partial charge on any atom is 0.193 e. The van der Waals surface area contributed by atoms with Crippen molar-refractivity contribution in [1.29, 1.82) is 0 Å². The lowest BCUT2D eigenvalue weighted by atomic mass is 9.89. The van der Waals surface area contributed by atoms with E-state index in [0.717, 1.165) is 21.5 Å². The zero-order valence-electron chi connectivity index (χ0n) is 15.9. The SMILES string of the molecule is [N-]=[N+]=NCc1c(C(=O)c2ccc3ccccc3c2CN=[N+]=[N-])ccc2ccccc12. The summed E-state index contributed by atoms with van der Waals surface area (Å²) in [6, 6.07) is 22.6. The van der Waals surface area contributed by atoms with E-state index in [1.165, 1.54) is 0 Å². The Bertz CT molecular complexity index is 1280. The summed E-state index contributed by atoms with van der Waals surface area (Å²) < 4.78 is 0. The Labute approximate surface area is 171 Å². The molecular weight excluding hydrogens is 376 g/mol. The van der Waals surface area contributed by atoms with Gasteiger partial charge in [-0.2, -0.15) is 0 Å². The second kappa shape index (κ2) is 8.37. The molecule has 0 saturated heterocycles. The van der Waals surface area contributed by atoms with Crippen molar-refractivity contribution >= 4 is 27.3 Å². The Morgan fingerprint density at radius 3 is 1.53 bits per heavy atom. The molecule has 0 N–H and O–H groups in total. The molecule has 0 aromatic heterocycles. The molecule has 30 heavy (non-hydrogen) atoms. The van der Waals surface area contributed by atoms with Gasteiger partial charge in [0.1, 0.15) is 0 Å². The number of hydrogen-bond acceptors (Lipinski definition) is 3. The topological polar surface area (TPSA) is 115 Å². The summed E-state index contributed by atoms with van der Waals surface area (Å²) in [5.41, 5.74) is 20.0. The smallest absolute Gasteiger partial charge is 0.193 e. The number of carbonyl (C=O) groups is 1. The van der Waals surface area contributed by atoms with Crippen LogP contribution in [0.25, 0.3) is 42.4 Å². The lowest BCUT2D eigenvalue weighted by Crippen LogP contribution is -2.09. The molecule has 4 rings (SSSR count). The molecular formula is C23H16N6O. The van der Waals surface area contributed by atoms with Crippen LogP contribution >= 0.6 is 0 Å². The first-order chi connectivity index (χ1) is 14.7. The summed E-state index contributed by atoms with van der Waals surface area (Å²) in [7, 11) is 0. The van der Waals surface area contributed by atoms with E-state index in [1.807, 2.05) is 60.7 Å². The minimum atomic E-state index is -0.196. The first-order valence-corrected chi connectivity index (χ1v) is 9.32. The fourth-order valence-corrected chi connectivity index (χ4v) is 3.79. The summed E-state index contributed by atoms with van der Waals surface area (Å²) in [4.78, 5) is 19.4. The summed E-state index contributed by atoms with van der Waals surface area (Å²) in [6.45, 7) is 0.135. The molecule has 7 nitrogen and oxygen atoms in total. The third-order valence-electron chi connectivity index (χ3n) is 5.15. The lowest BCUT2D eigenvalue weighted by molar-refractivity contribution is 0.103. The molecule has 0 spiro atoms. The van der Waals surface area contributed by atoms with Crippen LogP contribution in [0.15, 0.2) is 83.0 Å². The van der Waals surface area contributed by atoms with Crippen molar-refractivity contribution in [3.8, 4) is 0 Å². The van der Waals surface area contributed by atoms with E-state index in [1.54, 1.807) is 12.1 Å². The van der Waals surface area contributed by atoms with Gasteiger partial charge in [0.25, 0.3) is 0 Å². The van der Waals surface area contributed by atoms with Crippen LogP contribution in [0, 0.1) is 0 Å². The molecule has 0 fully saturated rings. The molecule has 0 atom stereocenters. The minimum Gasteiger partial charge on any atom is -0.289 e. The zero-order valence-corrected chi connectivity index (χ0v) is 15.9. The van der Waals surface area contributed by atoms with Gasteiger partial charge in [-0.3, -0.25) is 4.79 Å². The quantitative estimate of drug-likeness (QED) is 0.152. The predicted octanol–water partition coefficient (Wildman–Crippen LogP) is 6.84. The minimum absolute atomic E-state index is 0.0676. The van der Waals surface area contributed by atoms with Crippen LogP contribution in [0.2, 0.25) is 0 Å². The highest BCUT2D eigenvalue weighted by molar-refractivity contribution is 6.15. The van der Waals surface area contributed by atoms with Gasteiger partial charge < -0.3 is 0 Å². The van der Waals surface area contributed by atoms with Crippen molar-refractivity contribution in [1.82, 2.24) is 0 Å². The Morgan fingerprint density at radius 2 is 1.10 bits per heavy atom. The van der Waals surface area contributed by atoms with Crippen LogP contribution in [0.5, 0.6) is 0 Å². The monoisotopic (exact) mass is 392 g/mol. The lowest BCUT2D eigenvalue weighted by Gasteiger charge is -2.14. The van der Waals surface area contributed by atoms with Crippen LogP contribution in [-0.4, -0.2) is 5.78 Å². The normalized spacial score (nSPS) is 10.4. The molecule has 0 unspecified atom stereocenters. The standard InChI is InChI=1S/C23H16N6O/c24-28-26-13-21-17-7-3-1-5-15(17)9-11-19(21)23(30)20-12-10-16-6-2-4-8-18(16)22(20)14-27-29-25/h1-12H,13-14H2.